The van der Waals surface area contributed by atoms with Gasteiger partial charge in [-0.25, -0.2) is 0 Å². The van der Waals surface area contributed by atoms with Crippen LogP contribution in [0.25, 0.3) is 0 Å². The van der Waals surface area contributed by atoms with E-state index in [0.717, 1.165) is 25.8 Å². The van der Waals surface area contributed by atoms with Crippen LogP contribution < -0.4 is 10.1 Å². The molecule has 0 aliphatic carbocycles. The largest absolute Gasteiger partial charge is 0.479 e. The Balaban J connectivity index is 2.14. The zero-order chi connectivity index (χ0) is 16.1. The molecule has 0 aliphatic heterocycles. The number of halogens is 3. The summed E-state index contributed by atoms with van der Waals surface area (Å²) in [7, 11) is 0. The lowest BCUT2D eigenvalue weighted by Gasteiger charge is -2.13. The summed E-state index contributed by atoms with van der Waals surface area (Å²) >= 11 is 13.0. The summed E-state index contributed by atoms with van der Waals surface area (Å²) < 4.78 is 7.22. The molecule has 0 spiro atoms. The van der Waals surface area contributed by atoms with E-state index in [1.807, 2.05) is 37.3 Å². The van der Waals surface area contributed by atoms with Crippen molar-refractivity contribution in [1.29, 1.82) is 0 Å². The second-order valence-corrected chi connectivity index (χ2v) is 6.84. The highest BCUT2D eigenvalue weighted by atomic mass is 79.9. The maximum Gasteiger partial charge on any atom is 0.149 e. The third-order valence-electron chi connectivity index (χ3n) is 3.04. The Hall–Kier alpha value is -1.15. The van der Waals surface area contributed by atoms with Gasteiger partial charge in [-0.2, -0.15) is 0 Å². The second kappa shape index (κ2) is 7.92. The summed E-state index contributed by atoms with van der Waals surface area (Å²) in [6, 6.07) is 9.80. The molecule has 0 aromatic heterocycles. The van der Waals surface area contributed by atoms with Crippen LogP contribution in [0.4, 0.5) is 5.69 Å². The monoisotopic (exact) mass is 441 g/mol. The average Bonchev–Trinajstić information content (AvgIpc) is 2.47. The molecule has 0 radical (unpaired) electrons. The van der Waals surface area contributed by atoms with Crippen LogP contribution in [0.2, 0.25) is 5.02 Å². The number of rotatable bonds is 5. The molecule has 22 heavy (non-hydrogen) atoms. The molecule has 0 aliphatic rings. The number of aryl methyl sites for hydroxylation is 1. The molecule has 2 nitrogen and oxygen atoms in total. The van der Waals surface area contributed by atoms with E-state index in [1.54, 1.807) is 0 Å². The van der Waals surface area contributed by atoms with Gasteiger partial charge in [0.1, 0.15) is 12.4 Å². The molecule has 2 rings (SSSR count). The minimum Gasteiger partial charge on any atom is -0.479 e. The van der Waals surface area contributed by atoms with Gasteiger partial charge in [-0.1, -0.05) is 23.6 Å². The van der Waals surface area contributed by atoms with Crippen LogP contribution in [-0.4, -0.2) is 6.61 Å². The van der Waals surface area contributed by atoms with Crippen molar-refractivity contribution in [2.24, 2.45) is 0 Å². The van der Waals surface area contributed by atoms with Crippen molar-refractivity contribution in [2.75, 3.05) is 11.9 Å². The van der Waals surface area contributed by atoms with Gasteiger partial charge in [0.15, 0.2) is 0 Å². The molecule has 0 unspecified atom stereocenters. The lowest BCUT2D eigenvalue weighted by atomic mass is 10.1. The van der Waals surface area contributed by atoms with E-state index in [0.29, 0.717) is 17.3 Å². The van der Waals surface area contributed by atoms with E-state index in [2.05, 4.69) is 43.1 Å². The Labute approximate surface area is 152 Å². The maximum atomic E-state index is 6.03. The summed E-state index contributed by atoms with van der Waals surface area (Å²) in [5.41, 5.74) is 3.27. The maximum absolute atomic E-state index is 6.03. The van der Waals surface area contributed by atoms with Crippen molar-refractivity contribution < 1.29 is 4.74 Å². The van der Waals surface area contributed by atoms with Gasteiger partial charge in [0, 0.05) is 17.3 Å². The highest BCUT2D eigenvalue weighted by Gasteiger charge is 2.09. The summed E-state index contributed by atoms with van der Waals surface area (Å²) in [5, 5.41) is 4.10. The van der Waals surface area contributed by atoms with E-state index in [-0.39, 0.29) is 6.61 Å². The molecule has 1 N–H and O–H groups in total. The zero-order valence-electron chi connectivity index (χ0n) is 11.9. The van der Waals surface area contributed by atoms with Gasteiger partial charge < -0.3 is 10.1 Å². The fourth-order valence-corrected chi connectivity index (χ4v) is 3.63. The van der Waals surface area contributed by atoms with Gasteiger partial charge in [0.05, 0.1) is 8.95 Å². The zero-order valence-corrected chi connectivity index (χ0v) is 15.8. The molecular formula is C17H14Br2ClNO. The highest BCUT2D eigenvalue weighted by Crippen LogP contribution is 2.35. The smallest absolute Gasteiger partial charge is 0.149 e. The number of hydrogen-bond acceptors (Lipinski definition) is 2. The van der Waals surface area contributed by atoms with Crippen LogP contribution in [0.1, 0.15) is 11.1 Å². The fourth-order valence-electron chi connectivity index (χ4n) is 1.95. The van der Waals surface area contributed by atoms with Crippen LogP contribution in [0.15, 0.2) is 39.3 Å². The van der Waals surface area contributed by atoms with Crippen LogP contribution >= 0.6 is 43.5 Å². The number of ether oxygens (including phenoxy) is 1. The Morgan fingerprint density at radius 2 is 1.91 bits per heavy atom. The predicted molar refractivity (Wildman–Crippen MR) is 99.7 cm³/mol. The predicted octanol–water partition coefficient (Wildman–Crippen LogP) is 5.80. The third-order valence-corrected chi connectivity index (χ3v) is 4.45. The second-order valence-electron chi connectivity index (χ2n) is 4.69. The third kappa shape index (κ3) is 4.42. The molecule has 2 aromatic rings. The molecular weight excluding hydrogens is 429 g/mol. The highest BCUT2D eigenvalue weighted by molar-refractivity contribution is 9.11. The van der Waals surface area contributed by atoms with Gasteiger partial charge in [0.25, 0.3) is 0 Å². The van der Waals surface area contributed by atoms with Crippen molar-refractivity contribution >= 4 is 49.1 Å². The minimum absolute atomic E-state index is 0.233. The molecule has 2 aromatic carbocycles. The van der Waals surface area contributed by atoms with Crippen LogP contribution in [0, 0.1) is 19.3 Å². The topological polar surface area (TPSA) is 21.3 Å². The number of nitrogens with one attached hydrogen (secondary N) is 1. The van der Waals surface area contributed by atoms with Gasteiger partial charge in [-0.05, 0) is 74.2 Å². The minimum atomic E-state index is 0.233. The molecule has 114 valence electrons. The quantitative estimate of drug-likeness (QED) is 0.590. The first-order chi connectivity index (χ1) is 10.5. The summed E-state index contributed by atoms with van der Waals surface area (Å²) in [5.74, 6) is 3.16. The molecule has 0 fully saturated rings. The average molecular weight is 444 g/mol. The molecule has 0 atom stereocenters. The van der Waals surface area contributed by atoms with Gasteiger partial charge in [-0.3, -0.25) is 0 Å². The number of anilines is 1. The van der Waals surface area contributed by atoms with Crippen LogP contribution in [-0.2, 0) is 6.54 Å². The fraction of sp³-hybridized carbons (Fsp3) is 0.176. The summed E-state index contributed by atoms with van der Waals surface area (Å²) in [6.45, 7) is 2.95. The Kier molecular flexibility index (Phi) is 6.19. The number of benzene rings is 2. The Bertz CT molecular complexity index is 702. The van der Waals surface area contributed by atoms with Crippen molar-refractivity contribution in [3.8, 4) is 18.1 Å². The van der Waals surface area contributed by atoms with Crippen molar-refractivity contribution in [2.45, 2.75) is 13.5 Å². The standard InChI is InChI=1S/C17H14Br2ClNO/c1-3-6-22-17-14(18)7-12(8-15(17)19)10-21-16-9-13(20)5-4-11(16)2/h1,4-5,7-9,21H,6,10H2,2H3. The van der Waals surface area contributed by atoms with Crippen molar-refractivity contribution in [3.63, 3.8) is 0 Å². The molecule has 0 amide bonds. The number of terminal acetylenes is 1. The lowest BCUT2D eigenvalue weighted by Crippen LogP contribution is -2.02. The van der Waals surface area contributed by atoms with Gasteiger partial charge >= 0.3 is 0 Å². The Morgan fingerprint density at radius 1 is 1.23 bits per heavy atom. The number of hydrogen-bond donors (Lipinski definition) is 1. The van der Waals surface area contributed by atoms with E-state index < -0.39 is 0 Å². The first kappa shape index (κ1) is 17.2. The van der Waals surface area contributed by atoms with Crippen molar-refractivity contribution in [1.82, 2.24) is 0 Å². The van der Waals surface area contributed by atoms with Gasteiger partial charge in [-0.15, -0.1) is 6.42 Å². The summed E-state index contributed by atoms with van der Waals surface area (Å²) in [4.78, 5) is 0. The molecule has 0 saturated heterocycles. The molecule has 0 bridgehead atoms. The SMILES string of the molecule is C#CCOc1c(Br)cc(CNc2cc(Cl)ccc2C)cc1Br. The summed E-state index contributed by atoms with van der Waals surface area (Å²) in [6.07, 6.45) is 5.22. The lowest BCUT2D eigenvalue weighted by molar-refractivity contribution is 0.365. The van der Waals surface area contributed by atoms with Crippen LogP contribution in [0.3, 0.4) is 0 Å². The van der Waals surface area contributed by atoms with E-state index in [9.17, 15) is 0 Å². The van der Waals surface area contributed by atoms with Gasteiger partial charge in [0.2, 0.25) is 0 Å². The van der Waals surface area contributed by atoms with E-state index >= 15 is 0 Å². The normalized spacial score (nSPS) is 10.1. The van der Waals surface area contributed by atoms with E-state index in [1.165, 1.54) is 0 Å². The van der Waals surface area contributed by atoms with Crippen molar-refractivity contribution in [3.05, 3.63) is 55.4 Å². The van der Waals surface area contributed by atoms with E-state index in [4.69, 9.17) is 22.8 Å². The first-order valence-corrected chi connectivity index (χ1v) is 8.52. The van der Waals surface area contributed by atoms with Crippen LogP contribution in [0.5, 0.6) is 5.75 Å². The first-order valence-electron chi connectivity index (χ1n) is 6.55. The molecule has 5 heteroatoms. The molecule has 0 heterocycles. The Morgan fingerprint density at radius 3 is 2.55 bits per heavy atom. The molecule has 0 saturated carbocycles.